The molecule has 0 bridgehead atoms. The minimum atomic E-state index is -0.271. The first-order valence-electron chi connectivity index (χ1n) is 4.44. The van der Waals surface area contributed by atoms with Crippen LogP contribution < -0.4 is 4.74 Å². The molecular formula is C11H12O3. The van der Waals surface area contributed by atoms with Crippen LogP contribution in [0.3, 0.4) is 0 Å². The molecule has 0 radical (unpaired) electrons. The minimum absolute atomic E-state index is 0.271. The van der Waals surface area contributed by atoms with Crippen molar-refractivity contribution in [1.29, 1.82) is 0 Å². The summed E-state index contributed by atoms with van der Waals surface area (Å²) in [4.78, 5) is 21.4. The van der Waals surface area contributed by atoms with E-state index in [0.29, 0.717) is 17.7 Å². The molecule has 0 aliphatic heterocycles. The van der Waals surface area contributed by atoms with Gasteiger partial charge in [-0.2, -0.15) is 0 Å². The standard InChI is InChI=1S/C11H12O3/c1-3-11(13)14-10-5-4-9(7-12)6-8(10)2/h4-7H,3H2,1-2H3. The normalized spacial score (nSPS) is 9.57. The van der Waals surface area contributed by atoms with E-state index in [1.807, 2.05) is 0 Å². The molecule has 0 saturated carbocycles. The molecule has 0 amide bonds. The van der Waals surface area contributed by atoms with Crippen LogP contribution in [0, 0.1) is 6.92 Å². The molecule has 0 fully saturated rings. The summed E-state index contributed by atoms with van der Waals surface area (Å²) in [7, 11) is 0. The Bertz CT molecular complexity index is 356. The van der Waals surface area contributed by atoms with Gasteiger partial charge in [-0.1, -0.05) is 6.92 Å². The fourth-order valence-electron chi connectivity index (χ4n) is 1.06. The summed E-state index contributed by atoms with van der Waals surface area (Å²) in [5.74, 6) is 0.245. The first kappa shape index (κ1) is 10.4. The molecule has 1 aromatic rings. The second-order valence-corrected chi connectivity index (χ2v) is 2.97. The molecule has 0 saturated heterocycles. The molecule has 1 rings (SSSR count). The number of aryl methyl sites for hydroxylation is 1. The van der Waals surface area contributed by atoms with Gasteiger partial charge < -0.3 is 4.74 Å². The molecule has 0 unspecified atom stereocenters. The fourth-order valence-corrected chi connectivity index (χ4v) is 1.06. The second kappa shape index (κ2) is 4.56. The number of benzene rings is 1. The fraction of sp³-hybridized carbons (Fsp3) is 0.273. The Morgan fingerprint density at radius 3 is 2.71 bits per heavy atom. The second-order valence-electron chi connectivity index (χ2n) is 2.97. The van der Waals surface area contributed by atoms with Crippen molar-refractivity contribution in [1.82, 2.24) is 0 Å². The Morgan fingerprint density at radius 2 is 2.21 bits per heavy atom. The van der Waals surface area contributed by atoms with Gasteiger partial charge in [-0.25, -0.2) is 0 Å². The van der Waals surface area contributed by atoms with Crippen LogP contribution in [0.25, 0.3) is 0 Å². The molecule has 0 aliphatic rings. The van der Waals surface area contributed by atoms with Crippen molar-refractivity contribution in [2.75, 3.05) is 0 Å². The predicted octanol–water partition coefficient (Wildman–Crippen LogP) is 2.12. The zero-order valence-corrected chi connectivity index (χ0v) is 8.24. The Kier molecular flexibility index (Phi) is 3.40. The maximum absolute atomic E-state index is 11.0. The van der Waals surface area contributed by atoms with E-state index in [0.717, 1.165) is 11.8 Å². The highest BCUT2D eigenvalue weighted by molar-refractivity contribution is 5.77. The van der Waals surface area contributed by atoms with Crippen LogP contribution in [0.4, 0.5) is 0 Å². The van der Waals surface area contributed by atoms with Crippen molar-refractivity contribution >= 4 is 12.3 Å². The molecule has 3 nitrogen and oxygen atoms in total. The van der Waals surface area contributed by atoms with Gasteiger partial charge in [0.1, 0.15) is 12.0 Å². The Labute approximate surface area is 82.7 Å². The van der Waals surface area contributed by atoms with Crippen LogP contribution in [0.15, 0.2) is 18.2 Å². The first-order valence-corrected chi connectivity index (χ1v) is 4.44. The summed E-state index contributed by atoms with van der Waals surface area (Å²) < 4.78 is 5.04. The molecule has 0 aromatic heterocycles. The summed E-state index contributed by atoms with van der Waals surface area (Å²) in [6, 6.07) is 4.94. The van der Waals surface area contributed by atoms with E-state index in [1.165, 1.54) is 0 Å². The van der Waals surface area contributed by atoms with Gasteiger partial charge in [0.05, 0.1) is 0 Å². The van der Waals surface area contributed by atoms with Crippen LogP contribution in [-0.4, -0.2) is 12.3 Å². The van der Waals surface area contributed by atoms with Crippen molar-refractivity contribution in [3.05, 3.63) is 29.3 Å². The lowest BCUT2D eigenvalue weighted by molar-refractivity contribution is -0.134. The summed E-state index contributed by atoms with van der Waals surface area (Å²) in [5, 5.41) is 0. The quantitative estimate of drug-likeness (QED) is 0.418. The van der Waals surface area contributed by atoms with Gasteiger partial charge >= 0.3 is 5.97 Å². The Morgan fingerprint density at radius 1 is 1.50 bits per heavy atom. The number of carbonyl (C=O) groups excluding carboxylic acids is 2. The maximum Gasteiger partial charge on any atom is 0.310 e. The van der Waals surface area contributed by atoms with E-state index >= 15 is 0 Å². The molecular weight excluding hydrogens is 180 g/mol. The smallest absolute Gasteiger partial charge is 0.310 e. The SMILES string of the molecule is CCC(=O)Oc1ccc(C=O)cc1C. The van der Waals surface area contributed by atoms with Crippen molar-refractivity contribution in [2.45, 2.75) is 20.3 Å². The summed E-state index contributed by atoms with van der Waals surface area (Å²) in [5.41, 5.74) is 1.37. The van der Waals surface area contributed by atoms with Crippen LogP contribution >= 0.6 is 0 Å². The molecule has 1 aromatic carbocycles. The largest absolute Gasteiger partial charge is 0.426 e. The molecule has 3 heteroatoms. The maximum atomic E-state index is 11.0. The van der Waals surface area contributed by atoms with E-state index in [9.17, 15) is 9.59 Å². The van der Waals surface area contributed by atoms with Crippen LogP contribution in [0.2, 0.25) is 0 Å². The Hall–Kier alpha value is -1.64. The third-order valence-electron chi connectivity index (χ3n) is 1.85. The van der Waals surface area contributed by atoms with Gasteiger partial charge in [-0.3, -0.25) is 9.59 Å². The number of aldehydes is 1. The van der Waals surface area contributed by atoms with Gasteiger partial charge in [-0.05, 0) is 30.7 Å². The van der Waals surface area contributed by atoms with Crippen LogP contribution in [0.1, 0.15) is 29.3 Å². The predicted molar refractivity (Wildman–Crippen MR) is 52.5 cm³/mol. The zero-order chi connectivity index (χ0) is 10.6. The zero-order valence-electron chi connectivity index (χ0n) is 8.24. The van der Waals surface area contributed by atoms with E-state index in [4.69, 9.17) is 4.74 Å². The third kappa shape index (κ3) is 2.42. The number of carbonyl (C=O) groups is 2. The Balaban J connectivity index is 2.89. The number of esters is 1. The van der Waals surface area contributed by atoms with Gasteiger partial charge in [0, 0.05) is 12.0 Å². The van der Waals surface area contributed by atoms with Crippen molar-refractivity contribution in [3.8, 4) is 5.75 Å². The number of rotatable bonds is 3. The molecule has 0 N–H and O–H groups in total. The van der Waals surface area contributed by atoms with E-state index in [2.05, 4.69) is 0 Å². The average Bonchev–Trinajstić information content (AvgIpc) is 2.20. The topological polar surface area (TPSA) is 43.4 Å². The van der Waals surface area contributed by atoms with Gasteiger partial charge in [-0.15, -0.1) is 0 Å². The highest BCUT2D eigenvalue weighted by Crippen LogP contribution is 2.18. The number of ether oxygens (including phenoxy) is 1. The molecule has 0 aliphatic carbocycles. The van der Waals surface area contributed by atoms with Crippen molar-refractivity contribution in [2.24, 2.45) is 0 Å². The lowest BCUT2D eigenvalue weighted by atomic mass is 10.1. The lowest BCUT2D eigenvalue weighted by Gasteiger charge is -2.05. The number of hydrogen-bond acceptors (Lipinski definition) is 3. The highest BCUT2D eigenvalue weighted by Gasteiger charge is 2.04. The molecule has 0 atom stereocenters. The highest BCUT2D eigenvalue weighted by atomic mass is 16.5. The minimum Gasteiger partial charge on any atom is -0.426 e. The van der Waals surface area contributed by atoms with E-state index in [-0.39, 0.29) is 5.97 Å². The molecule has 0 spiro atoms. The average molecular weight is 192 g/mol. The summed E-state index contributed by atoms with van der Waals surface area (Å²) in [6.07, 6.45) is 1.10. The summed E-state index contributed by atoms with van der Waals surface area (Å²) >= 11 is 0. The monoisotopic (exact) mass is 192 g/mol. The van der Waals surface area contributed by atoms with Gasteiger partial charge in [0.15, 0.2) is 0 Å². The van der Waals surface area contributed by atoms with Gasteiger partial charge in [0.25, 0.3) is 0 Å². The van der Waals surface area contributed by atoms with Crippen LogP contribution in [0.5, 0.6) is 5.75 Å². The van der Waals surface area contributed by atoms with E-state index in [1.54, 1.807) is 32.0 Å². The number of hydrogen-bond donors (Lipinski definition) is 0. The molecule has 0 heterocycles. The van der Waals surface area contributed by atoms with Crippen molar-refractivity contribution < 1.29 is 14.3 Å². The summed E-state index contributed by atoms with van der Waals surface area (Å²) in [6.45, 7) is 3.53. The van der Waals surface area contributed by atoms with E-state index < -0.39 is 0 Å². The third-order valence-corrected chi connectivity index (χ3v) is 1.85. The van der Waals surface area contributed by atoms with Crippen molar-refractivity contribution in [3.63, 3.8) is 0 Å². The lowest BCUT2D eigenvalue weighted by Crippen LogP contribution is -2.06. The first-order chi connectivity index (χ1) is 6.67. The van der Waals surface area contributed by atoms with Gasteiger partial charge in [0.2, 0.25) is 0 Å². The molecule has 74 valence electrons. The van der Waals surface area contributed by atoms with Crippen LogP contribution in [-0.2, 0) is 4.79 Å². The molecule has 14 heavy (non-hydrogen) atoms.